The van der Waals surface area contributed by atoms with Gasteiger partial charge in [-0.1, -0.05) is 0 Å². The van der Waals surface area contributed by atoms with E-state index in [9.17, 15) is 9.59 Å². The first-order valence-electron chi connectivity index (χ1n) is 5.34. The van der Waals surface area contributed by atoms with Crippen molar-refractivity contribution in [3.63, 3.8) is 0 Å². The molecule has 2 heterocycles. The molecular formula is C10H13N3O4. The monoisotopic (exact) mass is 239 g/mol. The van der Waals surface area contributed by atoms with Crippen molar-refractivity contribution in [2.75, 3.05) is 13.2 Å². The van der Waals surface area contributed by atoms with Crippen LogP contribution in [-0.2, 0) is 17.7 Å². The lowest BCUT2D eigenvalue weighted by Crippen LogP contribution is -2.35. The third-order valence-corrected chi connectivity index (χ3v) is 2.67. The van der Waals surface area contributed by atoms with Gasteiger partial charge < -0.3 is 14.7 Å². The molecule has 2 rings (SSSR count). The van der Waals surface area contributed by atoms with E-state index in [-0.39, 0.29) is 18.8 Å². The van der Waals surface area contributed by atoms with Gasteiger partial charge in [0.1, 0.15) is 0 Å². The minimum Gasteiger partial charge on any atom is -0.465 e. The van der Waals surface area contributed by atoms with Gasteiger partial charge in [0.05, 0.1) is 13.2 Å². The van der Waals surface area contributed by atoms with Crippen LogP contribution in [0.15, 0.2) is 0 Å². The maximum Gasteiger partial charge on any atom is 0.407 e. The molecule has 0 spiro atoms. The number of nitrogens with one attached hydrogen (secondary N) is 1. The Hall–Kier alpha value is -2.05. The van der Waals surface area contributed by atoms with Crippen LogP contribution in [-0.4, -0.2) is 45.4 Å². The molecule has 2 N–H and O–H groups in total. The van der Waals surface area contributed by atoms with Gasteiger partial charge in [0.25, 0.3) is 0 Å². The second-order valence-corrected chi connectivity index (χ2v) is 3.70. The van der Waals surface area contributed by atoms with Gasteiger partial charge in [0.15, 0.2) is 5.69 Å². The van der Waals surface area contributed by atoms with Crippen molar-refractivity contribution in [1.29, 1.82) is 0 Å². The zero-order valence-electron chi connectivity index (χ0n) is 9.39. The van der Waals surface area contributed by atoms with Crippen LogP contribution in [0.5, 0.6) is 0 Å². The van der Waals surface area contributed by atoms with E-state index in [1.807, 2.05) is 0 Å². The van der Waals surface area contributed by atoms with Crippen molar-refractivity contribution in [3.05, 3.63) is 17.0 Å². The molecular weight excluding hydrogens is 226 g/mol. The van der Waals surface area contributed by atoms with Crippen LogP contribution in [0.3, 0.4) is 0 Å². The third-order valence-electron chi connectivity index (χ3n) is 2.67. The number of rotatable bonds is 2. The summed E-state index contributed by atoms with van der Waals surface area (Å²) in [5.74, 6) is -0.516. The molecule has 17 heavy (non-hydrogen) atoms. The van der Waals surface area contributed by atoms with E-state index in [4.69, 9.17) is 9.84 Å². The van der Waals surface area contributed by atoms with E-state index in [0.29, 0.717) is 18.5 Å². The molecule has 1 aromatic heterocycles. The molecule has 1 aromatic rings. The molecule has 0 bridgehead atoms. The zero-order chi connectivity index (χ0) is 12.4. The number of carbonyl (C=O) groups excluding carboxylic acids is 1. The number of esters is 1. The average molecular weight is 239 g/mol. The highest BCUT2D eigenvalue weighted by atomic mass is 16.5. The fourth-order valence-corrected chi connectivity index (χ4v) is 1.83. The molecule has 1 aliphatic heterocycles. The van der Waals surface area contributed by atoms with E-state index < -0.39 is 12.1 Å². The number of aromatic nitrogens is 2. The molecule has 7 heteroatoms. The SMILES string of the molecule is CCOC(=O)c1n[nH]c2c1CN(C(=O)O)CC2. The molecule has 0 fully saturated rings. The van der Waals surface area contributed by atoms with Crippen LogP contribution in [0.4, 0.5) is 4.79 Å². The topological polar surface area (TPSA) is 95.5 Å². The summed E-state index contributed by atoms with van der Waals surface area (Å²) in [7, 11) is 0. The van der Waals surface area contributed by atoms with Crippen LogP contribution < -0.4 is 0 Å². The standard InChI is InChI=1S/C10H13N3O4/c1-2-17-9(14)8-6-5-13(10(15)16)4-3-7(6)11-12-8/h2-5H2,1H3,(H,11,12)(H,15,16). The Morgan fingerprint density at radius 3 is 3.00 bits per heavy atom. The van der Waals surface area contributed by atoms with Crippen LogP contribution in [0.25, 0.3) is 0 Å². The predicted octanol–water partition coefficient (Wildman–Crippen LogP) is 0.623. The highest BCUT2D eigenvalue weighted by Crippen LogP contribution is 2.20. The van der Waals surface area contributed by atoms with Gasteiger partial charge in [-0.05, 0) is 6.92 Å². The quantitative estimate of drug-likeness (QED) is 0.738. The number of amides is 1. The van der Waals surface area contributed by atoms with E-state index in [1.54, 1.807) is 6.92 Å². The number of hydrogen-bond acceptors (Lipinski definition) is 4. The number of aromatic amines is 1. The third kappa shape index (κ3) is 2.08. The Morgan fingerprint density at radius 2 is 2.35 bits per heavy atom. The first-order chi connectivity index (χ1) is 8.13. The van der Waals surface area contributed by atoms with Crippen LogP contribution in [0.2, 0.25) is 0 Å². The summed E-state index contributed by atoms with van der Waals surface area (Å²) < 4.78 is 4.86. The second-order valence-electron chi connectivity index (χ2n) is 3.70. The maximum absolute atomic E-state index is 11.6. The van der Waals surface area contributed by atoms with Gasteiger partial charge in [0, 0.05) is 24.2 Å². The second kappa shape index (κ2) is 4.44. The van der Waals surface area contributed by atoms with Crippen LogP contribution in [0.1, 0.15) is 28.7 Å². The van der Waals surface area contributed by atoms with E-state index >= 15 is 0 Å². The molecule has 0 radical (unpaired) electrons. The zero-order valence-corrected chi connectivity index (χ0v) is 9.39. The smallest absolute Gasteiger partial charge is 0.407 e. The Labute approximate surface area is 97.4 Å². The van der Waals surface area contributed by atoms with Gasteiger partial charge in [-0.25, -0.2) is 9.59 Å². The van der Waals surface area contributed by atoms with Gasteiger partial charge in [-0.2, -0.15) is 5.10 Å². The highest BCUT2D eigenvalue weighted by molar-refractivity contribution is 5.89. The first kappa shape index (κ1) is 11.4. The number of H-pyrrole nitrogens is 1. The lowest BCUT2D eigenvalue weighted by Gasteiger charge is -2.23. The van der Waals surface area contributed by atoms with Crippen molar-refractivity contribution < 1.29 is 19.4 Å². The number of carbonyl (C=O) groups is 2. The van der Waals surface area contributed by atoms with Crippen molar-refractivity contribution >= 4 is 12.1 Å². The van der Waals surface area contributed by atoms with Crippen LogP contribution in [0, 0.1) is 0 Å². The van der Waals surface area contributed by atoms with Gasteiger partial charge in [0.2, 0.25) is 0 Å². The lowest BCUT2D eigenvalue weighted by atomic mass is 10.1. The highest BCUT2D eigenvalue weighted by Gasteiger charge is 2.27. The molecule has 0 aliphatic carbocycles. The fraction of sp³-hybridized carbons (Fsp3) is 0.500. The predicted molar refractivity (Wildman–Crippen MR) is 56.7 cm³/mol. The summed E-state index contributed by atoms with van der Waals surface area (Å²) in [5.41, 5.74) is 1.62. The van der Waals surface area contributed by atoms with Gasteiger partial charge in [-0.3, -0.25) is 5.10 Å². The summed E-state index contributed by atoms with van der Waals surface area (Å²) in [6.07, 6.45) is -0.458. The van der Waals surface area contributed by atoms with Crippen LogP contribution >= 0.6 is 0 Å². The maximum atomic E-state index is 11.6. The fourth-order valence-electron chi connectivity index (χ4n) is 1.83. The molecule has 0 saturated carbocycles. The number of nitrogens with zero attached hydrogens (tertiary/aromatic N) is 2. The van der Waals surface area contributed by atoms with Crippen molar-refractivity contribution in [3.8, 4) is 0 Å². The summed E-state index contributed by atoms with van der Waals surface area (Å²) in [6, 6.07) is 0. The summed E-state index contributed by atoms with van der Waals surface area (Å²) in [6.45, 7) is 2.56. The lowest BCUT2D eigenvalue weighted by molar-refractivity contribution is 0.0516. The van der Waals surface area contributed by atoms with Crippen molar-refractivity contribution in [2.45, 2.75) is 19.9 Å². The van der Waals surface area contributed by atoms with Crippen molar-refractivity contribution in [2.24, 2.45) is 0 Å². The number of hydrogen-bond donors (Lipinski definition) is 2. The molecule has 0 saturated heterocycles. The molecule has 0 unspecified atom stereocenters. The molecule has 7 nitrogen and oxygen atoms in total. The summed E-state index contributed by atoms with van der Waals surface area (Å²) in [4.78, 5) is 23.7. The minimum absolute atomic E-state index is 0.176. The molecule has 0 atom stereocenters. The van der Waals surface area contributed by atoms with E-state index in [1.165, 1.54) is 4.90 Å². The Balaban J connectivity index is 2.25. The minimum atomic E-state index is -0.994. The van der Waals surface area contributed by atoms with E-state index in [2.05, 4.69) is 10.2 Å². The average Bonchev–Trinajstić information content (AvgIpc) is 2.71. The van der Waals surface area contributed by atoms with E-state index in [0.717, 1.165) is 5.69 Å². The van der Waals surface area contributed by atoms with Gasteiger partial charge in [-0.15, -0.1) is 0 Å². The largest absolute Gasteiger partial charge is 0.465 e. The van der Waals surface area contributed by atoms with Gasteiger partial charge >= 0.3 is 12.1 Å². The van der Waals surface area contributed by atoms with Crippen molar-refractivity contribution in [1.82, 2.24) is 15.1 Å². The summed E-state index contributed by atoms with van der Waals surface area (Å²) in [5, 5.41) is 15.6. The number of ether oxygens (including phenoxy) is 1. The number of carboxylic acid groups (broad SMARTS) is 1. The molecule has 1 amide bonds. The Kier molecular flexibility index (Phi) is 2.99. The molecule has 1 aliphatic rings. The number of fused-ring (bicyclic) bond motifs is 1. The normalized spacial score (nSPS) is 14.3. The summed E-state index contributed by atoms with van der Waals surface area (Å²) >= 11 is 0. The Morgan fingerprint density at radius 1 is 1.59 bits per heavy atom. The Bertz CT molecular complexity index is 454. The molecule has 92 valence electrons. The molecule has 0 aromatic carbocycles. The first-order valence-corrected chi connectivity index (χ1v) is 5.34.